The van der Waals surface area contributed by atoms with Crippen LogP contribution in [0.2, 0.25) is 0 Å². The van der Waals surface area contributed by atoms with Crippen molar-refractivity contribution in [1.82, 2.24) is 0 Å². The number of ether oxygens (including phenoxy) is 1. The molecule has 0 aromatic rings. The molecule has 12 heavy (non-hydrogen) atoms. The van der Waals surface area contributed by atoms with Crippen LogP contribution in [0, 0.1) is 5.92 Å². The average molecular weight is 194 g/mol. The van der Waals surface area contributed by atoms with Gasteiger partial charge in [0.05, 0.1) is 12.2 Å². The molecule has 1 saturated heterocycles. The number of aliphatic hydroxyl groups excluding tert-OH is 3. The SMILES string of the molecule is CC1C(O)C(O)OC(CS)C1O. The lowest BCUT2D eigenvalue weighted by molar-refractivity contribution is -0.259. The fourth-order valence-corrected chi connectivity index (χ4v) is 1.59. The summed E-state index contributed by atoms with van der Waals surface area (Å²) in [5, 5.41) is 27.9. The fraction of sp³-hybridized carbons (Fsp3) is 1.00. The summed E-state index contributed by atoms with van der Waals surface area (Å²) in [6, 6.07) is 0. The second-order valence-corrected chi connectivity index (χ2v) is 3.45. The van der Waals surface area contributed by atoms with Crippen LogP contribution in [0.4, 0.5) is 0 Å². The Balaban J connectivity index is 2.63. The van der Waals surface area contributed by atoms with Gasteiger partial charge in [-0.25, -0.2) is 0 Å². The van der Waals surface area contributed by atoms with Gasteiger partial charge < -0.3 is 20.1 Å². The molecule has 5 atom stereocenters. The van der Waals surface area contributed by atoms with E-state index in [9.17, 15) is 10.2 Å². The topological polar surface area (TPSA) is 69.9 Å². The summed E-state index contributed by atoms with van der Waals surface area (Å²) in [6.07, 6.45) is -3.49. The first kappa shape index (κ1) is 10.3. The first-order chi connectivity index (χ1) is 5.57. The molecule has 5 unspecified atom stereocenters. The Morgan fingerprint density at radius 3 is 2.33 bits per heavy atom. The third kappa shape index (κ3) is 1.75. The smallest absolute Gasteiger partial charge is 0.181 e. The van der Waals surface area contributed by atoms with Crippen LogP contribution in [0.25, 0.3) is 0 Å². The molecule has 5 heteroatoms. The van der Waals surface area contributed by atoms with E-state index in [1.54, 1.807) is 6.92 Å². The van der Waals surface area contributed by atoms with Crippen molar-refractivity contribution in [2.75, 3.05) is 5.75 Å². The monoisotopic (exact) mass is 194 g/mol. The maximum absolute atomic E-state index is 9.48. The van der Waals surface area contributed by atoms with Gasteiger partial charge in [-0.15, -0.1) is 0 Å². The molecular formula is C7H14O4S. The van der Waals surface area contributed by atoms with Crippen LogP contribution < -0.4 is 0 Å². The molecule has 72 valence electrons. The van der Waals surface area contributed by atoms with Crippen LogP contribution in [0.5, 0.6) is 0 Å². The van der Waals surface area contributed by atoms with Gasteiger partial charge in [0, 0.05) is 11.7 Å². The maximum Gasteiger partial charge on any atom is 0.181 e. The number of hydrogen-bond acceptors (Lipinski definition) is 5. The Kier molecular flexibility index (Phi) is 3.37. The lowest BCUT2D eigenvalue weighted by Crippen LogP contribution is -2.53. The Morgan fingerprint density at radius 1 is 1.25 bits per heavy atom. The molecule has 0 aliphatic carbocycles. The molecule has 0 aromatic carbocycles. The number of hydrogen-bond donors (Lipinski definition) is 4. The van der Waals surface area contributed by atoms with E-state index < -0.39 is 24.6 Å². The standard InChI is InChI=1S/C7H14O4S/c1-3-5(8)4(2-12)11-7(10)6(3)9/h3-10,12H,2H2,1H3. The molecule has 1 aliphatic heterocycles. The molecule has 1 heterocycles. The number of rotatable bonds is 1. The van der Waals surface area contributed by atoms with E-state index in [-0.39, 0.29) is 5.92 Å². The van der Waals surface area contributed by atoms with Gasteiger partial charge >= 0.3 is 0 Å². The minimum atomic E-state index is -1.21. The van der Waals surface area contributed by atoms with Crippen LogP contribution in [-0.4, -0.2) is 45.7 Å². The first-order valence-electron chi connectivity index (χ1n) is 3.88. The van der Waals surface area contributed by atoms with Crippen molar-refractivity contribution in [2.45, 2.75) is 31.5 Å². The van der Waals surface area contributed by atoms with E-state index in [0.29, 0.717) is 5.75 Å². The predicted molar refractivity (Wildman–Crippen MR) is 45.9 cm³/mol. The van der Waals surface area contributed by atoms with Crippen molar-refractivity contribution in [2.24, 2.45) is 5.92 Å². The van der Waals surface area contributed by atoms with Crippen LogP contribution in [0.15, 0.2) is 0 Å². The van der Waals surface area contributed by atoms with Gasteiger partial charge in [-0.2, -0.15) is 12.6 Å². The molecule has 0 bridgehead atoms. The number of thiol groups is 1. The van der Waals surface area contributed by atoms with Crippen molar-refractivity contribution in [3.8, 4) is 0 Å². The van der Waals surface area contributed by atoms with Crippen molar-refractivity contribution in [3.05, 3.63) is 0 Å². The lowest BCUT2D eigenvalue weighted by Gasteiger charge is -2.38. The highest BCUT2D eigenvalue weighted by Crippen LogP contribution is 2.24. The molecule has 0 spiro atoms. The first-order valence-corrected chi connectivity index (χ1v) is 4.51. The second kappa shape index (κ2) is 3.93. The Bertz CT molecular complexity index is 150. The summed E-state index contributed by atoms with van der Waals surface area (Å²) in [5.41, 5.74) is 0. The highest BCUT2D eigenvalue weighted by atomic mass is 32.1. The lowest BCUT2D eigenvalue weighted by atomic mass is 9.91. The van der Waals surface area contributed by atoms with Crippen LogP contribution in [0.1, 0.15) is 6.92 Å². The Morgan fingerprint density at radius 2 is 1.83 bits per heavy atom. The van der Waals surface area contributed by atoms with Gasteiger partial charge in [0.2, 0.25) is 0 Å². The summed E-state index contributed by atoms with van der Waals surface area (Å²) in [4.78, 5) is 0. The molecule has 4 nitrogen and oxygen atoms in total. The summed E-state index contributed by atoms with van der Waals surface area (Å²) in [5.74, 6) is -0.0548. The van der Waals surface area contributed by atoms with E-state index in [2.05, 4.69) is 12.6 Å². The fourth-order valence-electron chi connectivity index (χ4n) is 1.29. The summed E-state index contributed by atoms with van der Waals surface area (Å²) in [6.45, 7) is 1.66. The molecule has 1 fully saturated rings. The molecule has 0 saturated carbocycles. The Hall–Kier alpha value is 0.190. The van der Waals surface area contributed by atoms with Crippen molar-refractivity contribution < 1.29 is 20.1 Å². The number of aliphatic hydroxyl groups is 3. The molecule has 1 rings (SSSR count). The zero-order chi connectivity index (χ0) is 9.30. The van der Waals surface area contributed by atoms with Crippen molar-refractivity contribution in [3.63, 3.8) is 0 Å². The minimum absolute atomic E-state index is 0.329. The second-order valence-electron chi connectivity index (χ2n) is 3.09. The highest BCUT2D eigenvalue weighted by molar-refractivity contribution is 7.80. The van der Waals surface area contributed by atoms with E-state index in [1.165, 1.54) is 0 Å². The van der Waals surface area contributed by atoms with E-state index in [1.807, 2.05) is 0 Å². The zero-order valence-electron chi connectivity index (χ0n) is 6.79. The largest absolute Gasteiger partial charge is 0.390 e. The summed E-state index contributed by atoms with van der Waals surface area (Å²) in [7, 11) is 0. The van der Waals surface area contributed by atoms with E-state index in [0.717, 1.165) is 0 Å². The quantitative estimate of drug-likeness (QED) is 0.404. The van der Waals surface area contributed by atoms with Gasteiger partial charge in [0.25, 0.3) is 0 Å². The molecular weight excluding hydrogens is 180 g/mol. The van der Waals surface area contributed by atoms with E-state index >= 15 is 0 Å². The molecule has 0 aromatic heterocycles. The third-order valence-electron chi connectivity index (χ3n) is 2.24. The van der Waals surface area contributed by atoms with Gasteiger partial charge in [-0.1, -0.05) is 6.92 Å². The molecule has 1 aliphatic rings. The van der Waals surface area contributed by atoms with Crippen molar-refractivity contribution >= 4 is 12.6 Å². The van der Waals surface area contributed by atoms with Crippen LogP contribution >= 0.6 is 12.6 Å². The molecule has 3 N–H and O–H groups in total. The summed E-state index contributed by atoms with van der Waals surface area (Å²) >= 11 is 3.96. The van der Waals surface area contributed by atoms with Gasteiger partial charge in [-0.3, -0.25) is 0 Å². The normalized spacial score (nSPS) is 49.2. The van der Waals surface area contributed by atoms with Crippen LogP contribution in [-0.2, 0) is 4.74 Å². The third-order valence-corrected chi connectivity index (χ3v) is 2.60. The highest BCUT2D eigenvalue weighted by Gasteiger charge is 2.40. The van der Waals surface area contributed by atoms with Crippen LogP contribution in [0.3, 0.4) is 0 Å². The maximum atomic E-state index is 9.48. The Labute approximate surface area is 76.6 Å². The van der Waals surface area contributed by atoms with Gasteiger partial charge in [-0.05, 0) is 0 Å². The van der Waals surface area contributed by atoms with Gasteiger partial charge in [0.1, 0.15) is 6.10 Å². The van der Waals surface area contributed by atoms with Crippen molar-refractivity contribution in [1.29, 1.82) is 0 Å². The average Bonchev–Trinajstić information content (AvgIpc) is 2.08. The molecule has 0 amide bonds. The van der Waals surface area contributed by atoms with E-state index in [4.69, 9.17) is 9.84 Å². The predicted octanol–water partition coefficient (Wildman–Crippen LogP) is -1.01. The summed E-state index contributed by atoms with van der Waals surface area (Å²) < 4.78 is 4.91. The minimum Gasteiger partial charge on any atom is -0.390 e. The van der Waals surface area contributed by atoms with Gasteiger partial charge in [0.15, 0.2) is 6.29 Å². The zero-order valence-corrected chi connectivity index (χ0v) is 7.69. The molecule has 0 radical (unpaired) electrons.